The summed E-state index contributed by atoms with van der Waals surface area (Å²) in [4.78, 5) is -0.868. The molecule has 104 valence electrons. The van der Waals surface area contributed by atoms with Crippen LogP contribution < -0.4 is 0 Å². The average molecular weight is 321 g/mol. The Balaban J connectivity index is 3.49. The van der Waals surface area contributed by atoms with Gasteiger partial charge < -0.3 is 0 Å². The summed E-state index contributed by atoms with van der Waals surface area (Å²) in [6.45, 7) is -1.16. The summed E-state index contributed by atoms with van der Waals surface area (Å²) in [6.07, 6.45) is 0.996. The normalized spacial score (nSPS) is 18.3. The molecule has 0 saturated heterocycles. The first-order valence-electron chi connectivity index (χ1n) is 3.94. The molecule has 0 aromatic rings. The Hall–Kier alpha value is -0.990. The van der Waals surface area contributed by atoms with Gasteiger partial charge in [-0.1, -0.05) is 0 Å². The van der Waals surface area contributed by atoms with E-state index in [4.69, 9.17) is 13.7 Å². The van der Waals surface area contributed by atoms with Crippen LogP contribution in [-0.4, -0.2) is 49.8 Å². The zero-order valence-corrected chi connectivity index (χ0v) is 10.8. The van der Waals surface area contributed by atoms with Gasteiger partial charge >= 0.3 is 20.4 Å². The van der Waals surface area contributed by atoms with Gasteiger partial charge in [0.15, 0.2) is 5.03 Å². The third-order valence-electron chi connectivity index (χ3n) is 1.83. The fourth-order valence-corrected chi connectivity index (χ4v) is 3.43. The third kappa shape index (κ3) is 3.27. The van der Waals surface area contributed by atoms with Crippen molar-refractivity contribution in [3.8, 4) is 0 Å². The number of allylic oxidation sites excluding steroid dienone is 2. The highest BCUT2D eigenvalue weighted by Gasteiger charge is 2.35. The summed E-state index contributed by atoms with van der Waals surface area (Å²) < 4.78 is 90.8. The largest absolute Gasteiger partial charge is 0.360 e. The quantitative estimate of drug-likeness (QED) is 0.530. The van der Waals surface area contributed by atoms with E-state index < -0.39 is 47.0 Å². The molecule has 0 unspecified atom stereocenters. The van der Waals surface area contributed by atoms with Gasteiger partial charge in [-0.05, 0) is 12.2 Å². The molecule has 0 fully saturated rings. The zero-order chi connectivity index (χ0) is 14.4. The van der Waals surface area contributed by atoms with E-state index in [1.807, 2.05) is 0 Å². The first-order valence-corrected chi connectivity index (χ1v) is 8.22. The van der Waals surface area contributed by atoms with Crippen LogP contribution in [0.25, 0.3) is 0 Å². The molecular weight excluding hydrogens is 314 g/mol. The van der Waals surface area contributed by atoms with Gasteiger partial charge in [0.25, 0.3) is 10.1 Å². The number of nitrogens with zero attached hydrogens (tertiary/aromatic N) is 1. The summed E-state index contributed by atoms with van der Waals surface area (Å²) in [5, 5.41) is -1.24. The highest BCUT2D eigenvalue weighted by atomic mass is 32.2. The fraction of sp³-hybridized carbons (Fsp3) is 0.200. The zero-order valence-electron chi connectivity index (χ0n) is 8.32. The van der Waals surface area contributed by atoms with E-state index in [-0.39, 0.29) is 4.31 Å². The second-order valence-electron chi connectivity index (χ2n) is 3.07. The van der Waals surface area contributed by atoms with Crippen molar-refractivity contribution in [1.82, 2.24) is 4.31 Å². The average Bonchev–Trinajstić information content (AvgIpc) is 2.12. The standard InChI is InChI=1S/C5H7NO9S3/c7-16(8,9)4-1-2-5(17(10,11)12)6(3-4)18(13,14)15/h1-2H,3H2,(H,7,8,9)(H,10,11,12)(H,13,14,15). The van der Waals surface area contributed by atoms with Crippen LogP contribution in [0.1, 0.15) is 0 Å². The van der Waals surface area contributed by atoms with E-state index in [1.165, 1.54) is 0 Å². The Labute approximate surface area is 103 Å². The van der Waals surface area contributed by atoms with Crippen LogP contribution in [0.3, 0.4) is 0 Å². The summed E-state index contributed by atoms with van der Waals surface area (Å²) in [5.41, 5.74) is 0. The van der Waals surface area contributed by atoms with Crippen LogP contribution in [0, 0.1) is 0 Å². The number of hydrogen-bond donors (Lipinski definition) is 3. The maximum atomic E-state index is 10.9. The summed E-state index contributed by atoms with van der Waals surface area (Å²) >= 11 is 0. The van der Waals surface area contributed by atoms with Crippen molar-refractivity contribution in [2.24, 2.45) is 0 Å². The van der Waals surface area contributed by atoms with Crippen molar-refractivity contribution >= 4 is 30.5 Å². The maximum Gasteiger partial charge on any atom is 0.360 e. The molecule has 0 saturated carbocycles. The Bertz CT molecular complexity index is 723. The van der Waals surface area contributed by atoms with Gasteiger partial charge in [0.1, 0.15) is 0 Å². The molecule has 3 N–H and O–H groups in total. The van der Waals surface area contributed by atoms with Gasteiger partial charge in [0.2, 0.25) is 0 Å². The van der Waals surface area contributed by atoms with Crippen molar-refractivity contribution in [2.45, 2.75) is 0 Å². The van der Waals surface area contributed by atoms with E-state index in [9.17, 15) is 25.3 Å². The van der Waals surface area contributed by atoms with Gasteiger partial charge in [0.05, 0.1) is 11.4 Å². The molecule has 1 rings (SSSR count). The number of rotatable bonds is 3. The van der Waals surface area contributed by atoms with E-state index in [0.29, 0.717) is 12.2 Å². The fourth-order valence-electron chi connectivity index (χ4n) is 1.10. The molecule has 0 amide bonds. The predicted molar refractivity (Wildman–Crippen MR) is 57.5 cm³/mol. The minimum atomic E-state index is -5.14. The van der Waals surface area contributed by atoms with Crippen LogP contribution >= 0.6 is 0 Å². The Kier molecular flexibility index (Phi) is 3.59. The lowest BCUT2D eigenvalue weighted by molar-refractivity contribution is 0.399. The highest BCUT2D eigenvalue weighted by molar-refractivity contribution is 7.92. The Morgan fingerprint density at radius 2 is 1.39 bits per heavy atom. The number of hydrogen-bond acceptors (Lipinski definition) is 6. The smallest absolute Gasteiger partial charge is 0.282 e. The first-order chi connectivity index (χ1) is 7.83. The third-order valence-corrected chi connectivity index (χ3v) is 4.64. The Morgan fingerprint density at radius 3 is 1.72 bits per heavy atom. The lowest BCUT2D eigenvalue weighted by Crippen LogP contribution is -2.37. The first kappa shape index (κ1) is 15.1. The summed E-state index contributed by atoms with van der Waals surface area (Å²) in [5.74, 6) is 0. The monoisotopic (exact) mass is 321 g/mol. The van der Waals surface area contributed by atoms with Gasteiger partial charge in [-0.25, -0.2) is 4.31 Å². The molecule has 0 spiro atoms. The molecule has 0 radical (unpaired) electrons. The molecule has 1 aliphatic rings. The second kappa shape index (κ2) is 4.29. The van der Waals surface area contributed by atoms with Gasteiger partial charge in [-0.2, -0.15) is 25.3 Å². The van der Waals surface area contributed by atoms with Crippen molar-refractivity contribution in [2.75, 3.05) is 6.54 Å². The van der Waals surface area contributed by atoms with Crippen LogP contribution in [0.15, 0.2) is 22.1 Å². The molecule has 0 aromatic carbocycles. The van der Waals surface area contributed by atoms with Gasteiger partial charge in [0, 0.05) is 0 Å². The molecule has 1 heterocycles. The molecule has 0 bridgehead atoms. The van der Waals surface area contributed by atoms with Crippen molar-refractivity contribution in [3.05, 3.63) is 22.1 Å². The Morgan fingerprint density at radius 1 is 0.889 bits per heavy atom. The van der Waals surface area contributed by atoms with Crippen molar-refractivity contribution in [3.63, 3.8) is 0 Å². The maximum absolute atomic E-state index is 10.9. The van der Waals surface area contributed by atoms with Gasteiger partial charge in [-0.3, -0.25) is 13.7 Å². The second-order valence-corrected chi connectivity index (χ2v) is 7.25. The molecule has 0 atom stereocenters. The van der Waals surface area contributed by atoms with E-state index in [1.54, 1.807) is 0 Å². The van der Waals surface area contributed by atoms with Crippen LogP contribution in [0.4, 0.5) is 0 Å². The molecule has 13 heteroatoms. The molecule has 10 nitrogen and oxygen atoms in total. The lowest BCUT2D eigenvalue weighted by Gasteiger charge is -2.24. The van der Waals surface area contributed by atoms with E-state index in [0.717, 1.165) is 0 Å². The van der Waals surface area contributed by atoms with Crippen molar-refractivity contribution < 1.29 is 38.9 Å². The van der Waals surface area contributed by atoms with Crippen LogP contribution in [0.2, 0.25) is 0 Å². The molecule has 0 aromatic heterocycles. The molecule has 18 heavy (non-hydrogen) atoms. The molecule has 1 aliphatic heterocycles. The minimum Gasteiger partial charge on any atom is -0.282 e. The lowest BCUT2D eigenvalue weighted by atomic mass is 10.4. The molecule has 0 aliphatic carbocycles. The summed E-state index contributed by atoms with van der Waals surface area (Å²) in [7, 11) is -14.9. The minimum absolute atomic E-state index is 0.286. The van der Waals surface area contributed by atoms with E-state index >= 15 is 0 Å². The molecular formula is C5H7NO9S3. The summed E-state index contributed by atoms with van der Waals surface area (Å²) in [6, 6.07) is 0. The highest BCUT2D eigenvalue weighted by Crippen LogP contribution is 2.23. The van der Waals surface area contributed by atoms with Crippen molar-refractivity contribution in [1.29, 1.82) is 0 Å². The topological polar surface area (TPSA) is 166 Å². The van der Waals surface area contributed by atoms with Gasteiger partial charge in [-0.15, -0.1) is 0 Å². The van der Waals surface area contributed by atoms with Crippen LogP contribution in [0.5, 0.6) is 0 Å². The predicted octanol–water partition coefficient (Wildman–Crippen LogP) is -1.39. The SMILES string of the molecule is O=S(=O)(O)C1=CC=C(S(=O)(=O)O)N(S(=O)(=O)O)C1. The van der Waals surface area contributed by atoms with E-state index in [2.05, 4.69) is 0 Å². The van der Waals surface area contributed by atoms with Crippen LogP contribution in [-0.2, 0) is 30.5 Å².